The number of carbonyl (C=O) groups is 1. The van der Waals surface area contributed by atoms with Crippen LogP contribution in [0.3, 0.4) is 0 Å². The summed E-state index contributed by atoms with van der Waals surface area (Å²) >= 11 is 0. The Kier molecular flexibility index (Phi) is 4.93. The highest BCUT2D eigenvalue weighted by molar-refractivity contribution is 6.05. The molecule has 2 saturated heterocycles. The molecule has 2 N–H and O–H groups in total. The van der Waals surface area contributed by atoms with Crippen LogP contribution in [-0.4, -0.2) is 57.5 Å². The van der Waals surface area contributed by atoms with E-state index in [0.717, 1.165) is 26.1 Å². The number of nitrogens with zero attached hydrogens (tertiary/aromatic N) is 5. The number of ether oxygens (including phenoxy) is 1. The van der Waals surface area contributed by atoms with E-state index in [-0.39, 0.29) is 17.1 Å². The lowest BCUT2D eigenvalue weighted by atomic mass is 10.1. The standard InChI is InChI=1S/C21H24FN7O2/c1-3-31-20-15(8-24-21(27-20)29-5-4-13-7-23-9-17(13)29)19(30)26-14-6-16(22)18-25-12(2)10-28(18)11-14/h6,8,10-11,13,17,23H,3-5,7,9H2,1-2H3,(H,26,30)/t13-,17+/m1/s1. The van der Waals surface area contributed by atoms with Crippen LogP contribution in [0, 0.1) is 18.7 Å². The number of pyridine rings is 1. The lowest BCUT2D eigenvalue weighted by molar-refractivity contribution is 0.102. The van der Waals surface area contributed by atoms with E-state index in [2.05, 4.69) is 30.5 Å². The quantitative estimate of drug-likeness (QED) is 0.646. The Balaban J connectivity index is 1.41. The topological polar surface area (TPSA) is 96.7 Å². The van der Waals surface area contributed by atoms with Gasteiger partial charge in [0.1, 0.15) is 5.56 Å². The van der Waals surface area contributed by atoms with Crippen LogP contribution in [0.15, 0.2) is 24.7 Å². The zero-order valence-corrected chi connectivity index (χ0v) is 17.4. The molecular weight excluding hydrogens is 401 g/mol. The zero-order valence-electron chi connectivity index (χ0n) is 17.4. The molecule has 0 saturated carbocycles. The number of aromatic nitrogens is 4. The van der Waals surface area contributed by atoms with Crippen molar-refractivity contribution in [3.63, 3.8) is 0 Å². The largest absolute Gasteiger partial charge is 0.477 e. The minimum atomic E-state index is -0.517. The Morgan fingerprint density at radius 3 is 3.06 bits per heavy atom. The highest BCUT2D eigenvalue weighted by Gasteiger charge is 2.39. The van der Waals surface area contributed by atoms with Crippen LogP contribution in [0.25, 0.3) is 5.65 Å². The van der Waals surface area contributed by atoms with Gasteiger partial charge in [-0.15, -0.1) is 0 Å². The molecule has 2 atom stereocenters. The van der Waals surface area contributed by atoms with Gasteiger partial charge in [-0.1, -0.05) is 0 Å². The predicted octanol–water partition coefficient (Wildman–Crippen LogP) is 2.02. The molecule has 2 aliphatic heterocycles. The summed E-state index contributed by atoms with van der Waals surface area (Å²) < 4.78 is 21.6. The Hall–Kier alpha value is -3.27. The molecule has 2 fully saturated rings. The van der Waals surface area contributed by atoms with Gasteiger partial charge in [0.2, 0.25) is 11.8 Å². The third kappa shape index (κ3) is 3.56. The summed E-state index contributed by atoms with van der Waals surface area (Å²) in [5.74, 6) is 0.402. The molecule has 5 rings (SSSR count). The van der Waals surface area contributed by atoms with Crippen LogP contribution < -0.4 is 20.3 Å². The fourth-order valence-electron chi connectivity index (χ4n) is 4.44. The number of rotatable bonds is 5. The summed E-state index contributed by atoms with van der Waals surface area (Å²) in [5, 5.41) is 6.12. The van der Waals surface area contributed by atoms with Gasteiger partial charge in [-0.05, 0) is 26.2 Å². The third-order valence-electron chi connectivity index (χ3n) is 5.85. The van der Waals surface area contributed by atoms with E-state index in [0.29, 0.717) is 35.9 Å². The highest BCUT2D eigenvalue weighted by Crippen LogP contribution is 2.31. The molecule has 0 bridgehead atoms. The molecule has 31 heavy (non-hydrogen) atoms. The second-order valence-corrected chi connectivity index (χ2v) is 7.93. The van der Waals surface area contributed by atoms with E-state index in [4.69, 9.17) is 4.74 Å². The van der Waals surface area contributed by atoms with Crippen molar-refractivity contribution in [3.8, 4) is 5.88 Å². The Morgan fingerprint density at radius 2 is 2.23 bits per heavy atom. The van der Waals surface area contributed by atoms with Crippen molar-refractivity contribution in [2.24, 2.45) is 5.92 Å². The molecule has 10 heteroatoms. The summed E-state index contributed by atoms with van der Waals surface area (Å²) in [7, 11) is 0. The number of fused-ring (bicyclic) bond motifs is 2. The number of nitrogens with one attached hydrogen (secondary N) is 2. The minimum Gasteiger partial charge on any atom is -0.477 e. The fraction of sp³-hybridized carbons (Fsp3) is 0.429. The van der Waals surface area contributed by atoms with Gasteiger partial charge >= 0.3 is 0 Å². The lowest BCUT2D eigenvalue weighted by Crippen LogP contribution is -2.35. The van der Waals surface area contributed by atoms with Gasteiger partial charge < -0.3 is 24.7 Å². The number of halogens is 1. The van der Waals surface area contributed by atoms with Crippen molar-refractivity contribution in [3.05, 3.63) is 41.7 Å². The highest BCUT2D eigenvalue weighted by atomic mass is 19.1. The maximum Gasteiger partial charge on any atom is 0.262 e. The van der Waals surface area contributed by atoms with Crippen LogP contribution in [0.2, 0.25) is 0 Å². The SMILES string of the molecule is CCOc1nc(N2CC[C@@H]3CNC[C@@H]32)ncc1C(=O)Nc1cc(F)c2nc(C)cn2c1. The first-order valence-corrected chi connectivity index (χ1v) is 10.5. The molecule has 162 valence electrons. The molecule has 0 aliphatic carbocycles. The maximum atomic E-state index is 14.4. The zero-order chi connectivity index (χ0) is 21.5. The molecule has 3 aromatic rings. The fourth-order valence-corrected chi connectivity index (χ4v) is 4.44. The maximum absolute atomic E-state index is 14.4. The molecule has 2 aliphatic rings. The van der Waals surface area contributed by atoms with E-state index in [1.54, 1.807) is 23.7 Å². The van der Waals surface area contributed by atoms with Crippen molar-refractivity contribution in [2.75, 3.05) is 36.5 Å². The first-order chi connectivity index (χ1) is 15.0. The summed E-state index contributed by atoms with van der Waals surface area (Å²) in [4.78, 5) is 28.2. The van der Waals surface area contributed by atoms with E-state index >= 15 is 0 Å². The van der Waals surface area contributed by atoms with Crippen LogP contribution >= 0.6 is 0 Å². The second kappa shape index (κ2) is 7.77. The van der Waals surface area contributed by atoms with Crippen molar-refractivity contribution < 1.29 is 13.9 Å². The average molecular weight is 425 g/mol. The summed E-state index contributed by atoms with van der Waals surface area (Å²) in [6.45, 7) is 6.78. The average Bonchev–Trinajstić information content (AvgIpc) is 3.43. The van der Waals surface area contributed by atoms with E-state index in [1.165, 1.54) is 12.3 Å². The summed E-state index contributed by atoms with van der Waals surface area (Å²) in [5.41, 5.74) is 1.40. The van der Waals surface area contributed by atoms with Crippen molar-refractivity contribution in [1.82, 2.24) is 24.7 Å². The van der Waals surface area contributed by atoms with Gasteiger partial charge in [-0.3, -0.25) is 4.79 Å². The number of carbonyl (C=O) groups excluding carboxylic acids is 1. The molecule has 0 radical (unpaired) electrons. The van der Waals surface area contributed by atoms with Gasteiger partial charge in [0.25, 0.3) is 5.91 Å². The van der Waals surface area contributed by atoms with Gasteiger partial charge in [-0.25, -0.2) is 14.4 Å². The number of hydrogen-bond acceptors (Lipinski definition) is 7. The monoisotopic (exact) mass is 425 g/mol. The van der Waals surface area contributed by atoms with Crippen LogP contribution in [-0.2, 0) is 0 Å². The smallest absolute Gasteiger partial charge is 0.262 e. The van der Waals surface area contributed by atoms with Crippen LogP contribution in [0.1, 0.15) is 29.4 Å². The molecule has 5 heterocycles. The van der Waals surface area contributed by atoms with E-state index in [9.17, 15) is 9.18 Å². The molecular formula is C21H24FN7O2. The van der Waals surface area contributed by atoms with Crippen LogP contribution in [0.4, 0.5) is 16.0 Å². The third-order valence-corrected chi connectivity index (χ3v) is 5.85. The molecule has 3 aromatic heterocycles. The predicted molar refractivity (Wildman–Crippen MR) is 113 cm³/mol. The number of hydrogen-bond donors (Lipinski definition) is 2. The van der Waals surface area contributed by atoms with E-state index < -0.39 is 11.7 Å². The number of anilines is 2. The van der Waals surface area contributed by atoms with Crippen molar-refractivity contribution in [2.45, 2.75) is 26.3 Å². The molecule has 0 spiro atoms. The number of imidazole rings is 1. The Labute approximate surface area is 178 Å². The van der Waals surface area contributed by atoms with Crippen LogP contribution in [0.5, 0.6) is 5.88 Å². The first kappa shape index (κ1) is 19.7. The van der Waals surface area contributed by atoms with Crippen molar-refractivity contribution in [1.29, 1.82) is 0 Å². The molecule has 1 amide bonds. The van der Waals surface area contributed by atoms with Gasteiger partial charge in [0.15, 0.2) is 11.5 Å². The summed E-state index contributed by atoms with van der Waals surface area (Å²) in [6.07, 6.45) is 5.88. The lowest BCUT2D eigenvalue weighted by Gasteiger charge is -2.24. The van der Waals surface area contributed by atoms with Gasteiger partial charge in [0.05, 0.1) is 18.0 Å². The molecule has 0 aromatic carbocycles. The normalized spacial score (nSPS) is 20.3. The number of amides is 1. The van der Waals surface area contributed by atoms with Gasteiger partial charge in [-0.2, -0.15) is 4.98 Å². The minimum absolute atomic E-state index is 0.202. The number of aryl methyl sites for hydroxylation is 1. The Morgan fingerprint density at radius 1 is 1.35 bits per heavy atom. The summed E-state index contributed by atoms with van der Waals surface area (Å²) in [6, 6.07) is 1.61. The van der Waals surface area contributed by atoms with Gasteiger partial charge in [0, 0.05) is 50.3 Å². The first-order valence-electron chi connectivity index (χ1n) is 10.5. The van der Waals surface area contributed by atoms with E-state index in [1.807, 2.05) is 6.92 Å². The second-order valence-electron chi connectivity index (χ2n) is 7.93. The Bertz CT molecular complexity index is 1150. The molecule has 0 unspecified atom stereocenters. The molecule has 9 nitrogen and oxygen atoms in total. The van der Waals surface area contributed by atoms with Crippen molar-refractivity contribution >= 4 is 23.2 Å².